The molecule has 1 nitrogen and oxygen atoms in total. The Morgan fingerprint density at radius 1 is 1.46 bits per heavy atom. The molecule has 0 unspecified atom stereocenters. The van der Waals surface area contributed by atoms with Crippen molar-refractivity contribution >= 4 is 5.57 Å². The van der Waals surface area contributed by atoms with Gasteiger partial charge >= 0.3 is 0 Å². The zero-order chi connectivity index (χ0) is 9.68. The molecule has 0 aliphatic rings. The summed E-state index contributed by atoms with van der Waals surface area (Å²) >= 11 is 0. The van der Waals surface area contributed by atoms with E-state index in [1.54, 1.807) is 12.3 Å². The Bertz CT molecular complexity index is 348. The minimum Gasteiger partial charge on any atom is -0.262 e. The molecule has 0 fully saturated rings. The molecule has 1 rings (SSSR count). The Labute approximate surface area is 79.1 Å². The van der Waals surface area contributed by atoms with Crippen LogP contribution in [0.4, 0.5) is 0 Å². The van der Waals surface area contributed by atoms with Gasteiger partial charge in [0.05, 0.1) is 0 Å². The second kappa shape index (κ2) is 4.41. The van der Waals surface area contributed by atoms with Crippen molar-refractivity contribution in [1.29, 1.82) is 0 Å². The molecule has 0 aliphatic heterocycles. The molecule has 0 aliphatic carbocycles. The highest BCUT2D eigenvalue weighted by Gasteiger charge is 1.95. The summed E-state index contributed by atoms with van der Waals surface area (Å²) < 4.78 is 0. The molecule has 13 heavy (non-hydrogen) atoms. The summed E-state index contributed by atoms with van der Waals surface area (Å²) in [4.78, 5) is 4.13. The van der Waals surface area contributed by atoms with Crippen LogP contribution in [0.1, 0.15) is 11.3 Å². The lowest BCUT2D eigenvalue weighted by Gasteiger charge is -2.01. The average Bonchev–Trinajstić information content (AvgIpc) is 2.14. The number of hydrogen-bond donors (Lipinski definition) is 0. The molecule has 0 radical (unpaired) electrons. The normalized spacial score (nSPS) is 11.0. The van der Waals surface area contributed by atoms with Gasteiger partial charge in [0.25, 0.3) is 0 Å². The average molecular weight is 171 g/mol. The van der Waals surface area contributed by atoms with Crippen LogP contribution in [0.5, 0.6) is 0 Å². The number of hydrogen-bond acceptors (Lipinski definition) is 1. The third-order valence-electron chi connectivity index (χ3n) is 1.75. The van der Waals surface area contributed by atoms with Gasteiger partial charge < -0.3 is 0 Å². The largest absolute Gasteiger partial charge is 0.262 e. The highest BCUT2D eigenvalue weighted by atomic mass is 14.6. The van der Waals surface area contributed by atoms with E-state index in [4.69, 9.17) is 0 Å². The third kappa shape index (κ3) is 2.41. The first kappa shape index (κ1) is 9.46. The van der Waals surface area contributed by atoms with Crippen LogP contribution in [0, 0.1) is 6.92 Å². The molecule has 0 saturated heterocycles. The van der Waals surface area contributed by atoms with Crippen LogP contribution in [0.3, 0.4) is 0 Å². The summed E-state index contributed by atoms with van der Waals surface area (Å²) in [6.45, 7) is 9.38. The molecule has 0 bridgehead atoms. The Kier molecular flexibility index (Phi) is 3.21. The van der Waals surface area contributed by atoms with Gasteiger partial charge in [-0.2, -0.15) is 0 Å². The third-order valence-corrected chi connectivity index (χ3v) is 1.75. The predicted octanol–water partition coefficient (Wildman–Crippen LogP) is 3.15. The van der Waals surface area contributed by atoms with Gasteiger partial charge in [-0.1, -0.05) is 31.4 Å². The van der Waals surface area contributed by atoms with Crippen molar-refractivity contribution in [3.05, 3.63) is 61.0 Å². The Morgan fingerprint density at radius 2 is 2.23 bits per heavy atom. The molecule has 0 atom stereocenters. The highest BCUT2D eigenvalue weighted by molar-refractivity contribution is 5.74. The molecule has 0 saturated carbocycles. The van der Waals surface area contributed by atoms with E-state index in [1.165, 1.54) is 0 Å². The van der Waals surface area contributed by atoms with Gasteiger partial charge in [-0.25, -0.2) is 0 Å². The zero-order valence-electron chi connectivity index (χ0n) is 7.83. The van der Waals surface area contributed by atoms with Gasteiger partial charge in [-0.15, -0.1) is 0 Å². The Hall–Kier alpha value is -1.63. The van der Waals surface area contributed by atoms with Gasteiger partial charge in [-0.05, 0) is 30.2 Å². The zero-order valence-corrected chi connectivity index (χ0v) is 7.83. The lowest BCUT2D eigenvalue weighted by molar-refractivity contribution is 1.19. The number of aryl methyl sites for hydroxylation is 1. The predicted molar refractivity (Wildman–Crippen MR) is 57.3 cm³/mol. The van der Waals surface area contributed by atoms with E-state index in [2.05, 4.69) is 18.1 Å². The molecule has 1 aromatic rings. The molecule has 66 valence electrons. The van der Waals surface area contributed by atoms with Crippen LogP contribution in [-0.2, 0) is 0 Å². The smallest absolute Gasteiger partial charge is 0.0378 e. The molecule has 1 heterocycles. The van der Waals surface area contributed by atoms with Crippen LogP contribution in [-0.4, -0.2) is 4.98 Å². The lowest BCUT2D eigenvalue weighted by Crippen LogP contribution is -1.84. The maximum Gasteiger partial charge on any atom is 0.0378 e. The fraction of sp³-hybridized carbons (Fsp3) is 0.0833. The van der Waals surface area contributed by atoms with Crippen molar-refractivity contribution in [2.75, 3.05) is 0 Å². The van der Waals surface area contributed by atoms with E-state index in [-0.39, 0.29) is 0 Å². The minimum absolute atomic E-state index is 1.01. The fourth-order valence-corrected chi connectivity index (χ4v) is 1.13. The van der Waals surface area contributed by atoms with Crippen molar-refractivity contribution in [2.45, 2.75) is 6.92 Å². The molecule has 1 heteroatoms. The van der Waals surface area contributed by atoms with Crippen LogP contribution in [0.25, 0.3) is 5.57 Å². The van der Waals surface area contributed by atoms with Crippen molar-refractivity contribution in [3.63, 3.8) is 0 Å². The molecule has 0 spiro atoms. The van der Waals surface area contributed by atoms with Gasteiger partial charge in [0.2, 0.25) is 0 Å². The van der Waals surface area contributed by atoms with E-state index < -0.39 is 0 Å². The SMILES string of the molecule is C=C/C=C(\C=C)c1ccnc(C)c1. The summed E-state index contributed by atoms with van der Waals surface area (Å²) in [5.41, 5.74) is 3.21. The monoisotopic (exact) mass is 171 g/mol. The van der Waals surface area contributed by atoms with Crippen molar-refractivity contribution < 1.29 is 0 Å². The van der Waals surface area contributed by atoms with Gasteiger partial charge in [0.1, 0.15) is 0 Å². The number of allylic oxidation sites excluding steroid dienone is 4. The maximum absolute atomic E-state index is 4.13. The van der Waals surface area contributed by atoms with Gasteiger partial charge in [0.15, 0.2) is 0 Å². The maximum atomic E-state index is 4.13. The van der Waals surface area contributed by atoms with Crippen LogP contribution < -0.4 is 0 Å². The minimum atomic E-state index is 1.01. The first-order chi connectivity index (χ1) is 6.27. The number of nitrogens with zero attached hydrogens (tertiary/aromatic N) is 1. The molecule has 0 amide bonds. The second-order valence-electron chi connectivity index (χ2n) is 2.75. The Balaban J connectivity index is 3.12. The van der Waals surface area contributed by atoms with E-state index in [0.29, 0.717) is 0 Å². The van der Waals surface area contributed by atoms with Crippen molar-refractivity contribution in [3.8, 4) is 0 Å². The van der Waals surface area contributed by atoms with Crippen molar-refractivity contribution in [1.82, 2.24) is 4.98 Å². The van der Waals surface area contributed by atoms with E-state index >= 15 is 0 Å². The molecule has 1 aromatic heterocycles. The van der Waals surface area contributed by atoms with Gasteiger partial charge in [0, 0.05) is 11.9 Å². The van der Waals surface area contributed by atoms with E-state index in [1.807, 2.05) is 31.2 Å². The number of pyridine rings is 1. The topological polar surface area (TPSA) is 12.9 Å². The molecular weight excluding hydrogens is 158 g/mol. The van der Waals surface area contributed by atoms with E-state index in [0.717, 1.165) is 16.8 Å². The number of aromatic nitrogens is 1. The first-order valence-electron chi connectivity index (χ1n) is 4.16. The van der Waals surface area contributed by atoms with Crippen LogP contribution >= 0.6 is 0 Å². The van der Waals surface area contributed by atoms with Crippen molar-refractivity contribution in [2.24, 2.45) is 0 Å². The molecule has 0 N–H and O–H groups in total. The standard InChI is InChI=1S/C12H13N/c1-4-6-11(5-2)12-7-8-13-10(3)9-12/h4-9H,1-2H2,3H3/b11-6+. The summed E-state index contributed by atoms with van der Waals surface area (Å²) in [7, 11) is 0. The Morgan fingerprint density at radius 3 is 2.77 bits per heavy atom. The highest BCUT2D eigenvalue weighted by Crippen LogP contribution is 2.15. The molecular formula is C12H13N. The lowest BCUT2D eigenvalue weighted by atomic mass is 10.1. The van der Waals surface area contributed by atoms with E-state index in [9.17, 15) is 0 Å². The summed E-state index contributed by atoms with van der Waals surface area (Å²) in [5, 5.41) is 0. The van der Waals surface area contributed by atoms with Crippen LogP contribution in [0.2, 0.25) is 0 Å². The molecule has 0 aromatic carbocycles. The quantitative estimate of drug-likeness (QED) is 0.637. The summed E-state index contributed by atoms with van der Waals surface area (Å²) in [5.74, 6) is 0. The summed E-state index contributed by atoms with van der Waals surface area (Å²) in [6, 6.07) is 3.99. The second-order valence-corrected chi connectivity index (χ2v) is 2.75. The first-order valence-corrected chi connectivity index (χ1v) is 4.16. The van der Waals surface area contributed by atoms with Crippen LogP contribution in [0.15, 0.2) is 49.7 Å². The summed E-state index contributed by atoms with van der Waals surface area (Å²) in [6.07, 6.45) is 7.30. The fourth-order valence-electron chi connectivity index (χ4n) is 1.13. The number of rotatable bonds is 3. The van der Waals surface area contributed by atoms with Gasteiger partial charge in [-0.3, -0.25) is 4.98 Å².